The van der Waals surface area contributed by atoms with Crippen LogP contribution in [0.15, 0.2) is 0 Å². The van der Waals surface area contributed by atoms with Crippen LogP contribution >= 0.6 is 15.2 Å². The highest BCUT2D eigenvalue weighted by Gasteiger charge is 2.52. The largest absolute Gasteiger partial charge is 0.371 e. The van der Waals surface area contributed by atoms with Gasteiger partial charge in [0.05, 0.1) is 26.4 Å². The predicted molar refractivity (Wildman–Crippen MR) is 81.7 cm³/mol. The molecule has 0 aliphatic carbocycles. The van der Waals surface area contributed by atoms with E-state index in [0.29, 0.717) is 6.42 Å². The van der Waals surface area contributed by atoms with Gasteiger partial charge in [-0.3, -0.25) is 9.13 Å². The number of ether oxygens (including phenoxy) is 1. The minimum Gasteiger partial charge on any atom is -0.355 e. The Labute approximate surface area is 127 Å². The molecule has 0 rings (SSSR count). The average molecular weight is 346 g/mol. The van der Waals surface area contributed by atoms with Crippen molar-refractivity contribution in [2.75, 3.05) is 33.0 Å². The molecule has 9 heteroatoms. The number of hydrogen-bond acceptors (Lipinski definition) is 7. The molecule has 0 aliphatic rings. The molecule has 0 aromatic heterocycles. The first kappa shape index (κ1) is 21.3. The fourth-order valence-corrected chi connectivity index (χ4v) is 6.49. The van der Waals surface area contributed by atoms with Crippen LogP contribution in [0.3, 0.4) is 0 Å². The van der Waals surface area contributed by atoms with Crippen LogP contribution in [-0.2, 0) is 32.0 Å². The summed E-state index contributed by atoms with van der Waals surface area (Å²) < 4.78 is 52.3. The van der Waals surface area contributed by atoms with E-state index in [-0.39, 0.29) is 33.0 Å². The van der Waals surface area contributed by atoms with Gasteiger partial charge >= 0.3 is 15.2 Å². The minimum atomic E-state index is -3.78. The van der Waals surface area contributed by atoms with Crippen molar-refractivity contribution in [1.29, 1.82) is 0 Å². The van der Waals surface area contributed by atoms with E-state index in [1.165, 1.54) is 0 Å². The molecular weight excluding hydrogens is 318 g/mol. The molecule has 0 atom stereocenters. The molecule has 128 valence electrons. The summed E-state index contributed by atoms with van der Waals surface area (Å²) in [4.78, 5) is 0. The lowest BCUT2D eigenvalue weighted by molar-refractivity contribution is 0.0817. The SMILES string of the molecule is CCCOC(P(=O)(OCC)OCC)P(=O)(OCC)OCC. The second kappa shape index (κ2) is 10.9. The molecule has 0 bridgehead atoms. The summed E-state index contributed by atoms with van der Waals surface area (Å²) in [6.07, 6.45) is 0.660. The summed E-state index contributed by atoms with van der Waals surface area (Å²) in [6.45, 7) is 9.40. The Morgan fingerprint density at radius 3 is 1.29 bits per heavy atom. The topological polar surface area (TPSA) is 80.3 Å². The highest BCUT2D eigenvalue weighted by Crippen LogP contribution is 2.70. The van der Waals surface area contributed by atoms with Crippen LogP contribution in [-0.4, -0.2) is 38.6 Å². The van der Waals surface area contributed by atoms with Crippen molar-refractivity contribution in [2.45, 2.75) is 46.6 Å². The predicted octanol–water partition coefficient (Wildman–Crippen LogP) is 4.23. The van der Waals surface area contributed by atoms with Crippen molar-refractivity contribution in [3.05, 3.63) is 0 Å². The lowest BCUT2D eigenvalue weighted by atomic mass is 10.5. The third kappa shape index (κ3) is 6.49. The van der Waals surface area contributed by atoms with E-state index in [0.717, 1.165) is 0 Å². The first-order chi connectivity index (χ1) is 9.94. The average Bonchev–Trinajstić information content (AvgIpc) is 2.40. The van der Waals surface area contributed by atoms with Crippen LogP contribution in [0.1, 0.15) is 41.0 Å². The van der Waals surface area contributed by atoms with Crippen LogP contribution in [0.2, 0.25) is 0 Å². The third-order valence-corrected chi connectivity index (χ3v) is 7.80. The van der Waals surface area contributed by atoms with Crippen LogP contribution in [0.4, 0.5) is 0 Å². The lowest BCUT2D eigenvalue weighted by Crippen LogP contribution is -2.21. The van der Waals surface area contributed by atoms with Crippen molar-refractivity contribution >= 4 is 15.2 Å². The van der Waals surface area contributed by atoms with E-state index in [1.54, 1.807) is 27.7 Å². The summed E-state index contributed by atoms with van der Waals surface area (Å²) >= 11 is 0. The smallest absolute Gasteiger partial charge is 0.355 e. The fourth-order valence-electron chi connectivity index (χ4n) is 1.63. The molecular formula is C12H28O7P2. The van der Waals surface area contributed by atoms with Crippen molar-refractivity contribution in [3.63, 3.8) is 0 Å². The summed E-state index contributed by atoms with van der Waals surface area (Å²) in [6, 6.07) is 0. The Balaban J connectivity index is 5.57. The second-order valence-electron chi connectivity index (χ2n) is 3.95. The van der Waals surface area contributed by atoms with E-state index in [9.17, 15) is 9.13 Å². The first-order valence-electron chi connectivity index (χ1n) is 7.33. The summed E-state index contributed by atoms with van der Waals surface area (Å²) in [5.41, 5.74) is -1.37. The zero-order valence-electron chi connectivity index (χ0n) is 13.6. The van der Waals surface area contributed by atoms with Gasteiger partial charge in [-0.25, -0.2) is 0 Å². The van der Waals surface area contributed by atoms with Crippen molar-refractivity contribution < 1.29 is 32.0 Å². The molecule has 0 N–H and O–H groups in total. The van der Waals surface area contributed by atoms with Gasteiger partial charge in [-0.1, -0.05) is 6.92 Å². The van der Waals surface area contributed by atoms with E-state index >= 15 is 0 Å². The molecule has 21 heavy (non-hydrogen) atoms. The molecule has 0 amide bonds. The van der Waals surface area contributed by atoms with Gasteiger partial charge in [-0.15, -0.1) is 0 Å². The van der Waals surface area contributed by atoms with E-state index in [1.807, 2.05) is 6.92 Å². The molecule has 0 radical (unpaired) electrons. The zero-order chi connectivity index (χ0) is 16.4. The van der Waals surface area contributed by atoms with Crippen LogP contribution in [0.25, 0.3) is 0 Å². The van der Waals surface area contributed by atoms with Gasteiger partial charge in [0, 0.05) is 6.61 Å². The molecule has 0 spiro atoms. The maximum absolute atomic E-state index is 12.9. The molecule has 0 saturated carbocycles. The van der Waals surface area contributed by atoms with Crippen molar-refractivity contribution in [2.24, 2.45) is 0 Å². The van der Waals surface area contributed by atoms with Crippen LogP contribution in [0.5, 0.6) is 0 Å². The summed E-state index contributed by atoms with van der Waals surface area (Å²) in [7, 11) is -7.55. The maximum atomic E-state index is 12.9. The minimum absolute atomic E-state index is 0.140. The van der Waals surface area contributed by atoms with Crippen LogP contribution < -0.4 is 0 Å². The molecule has 0 fully saturated rings. The summed E-state index contributed by atoms with van der Waals surface area (Å²) in [5, 5.41) is 0. The van der Waals surface area contributed by atoms with E-state index in [4.69, 9.17) is 22.8 Å². The standard InChI is InChI=1S/C12H28O7P2/c1-6-11-15-12(20(13,16-7-2)17-8-3)21(14,18-9-4)19-10-5/h12H,6-11H2,1-5H3. The Morgan fingerprint density at radius 1 is 0.714 bits per heavy atom. The lowest BCUT2D eigenvalue weighted by Gasteiger charge is -2.30. The van der Waals surface area contributed by atoms with E-state index in [2.05, 4.69) is 0 Å². The van der Waals surface area contributed by atoms with Crippen molar-refractivity contribution in [1.82, 2.24) is 0 Å². The number of rotatable bonds is 13. The van der Waals surface area contributed by atoms with Gasteiger partial charge in [-0.05, 0) is 34.1 Å². The molecule has 0 aromatic carbocycles. The number of hydrogen-bond donors (Lipinski definition) is 0. The van der Waals surface area contributed by atoms with Crippen LogP contribution in [0, 0.1) is 0 Å². The molecule has 0 unspecified atom stereocenters. The second-order valence-corrected chi connectivity index (χ2v) is 8.49. The molecule has 0 saturated heterocycles. The van der Waals surface area contributed by atoms with Gasteiger partial charge < -0.3 is 22.8 Å². The highest BCUT2D eigenvalue weighted by molar-refractivity contribution is 7.72. The van der Waals surface area contributed by atoms with Gasteiger partial charge in [-0.2, -0.15) is 0 Å². The molecule has 0 heterocycles. The third-order valence-electron chi connectivity index (χ3n) is 2.25. The first-order valence-corrected chi connectivity index (χ1v) is 10.6. The Hall–Kier alpha value is 0.260. The quantitative estimate of drug-likeness (QED) is 0.462. The molecule has 0 aliphatic heterocycles. The van der Waals surface area contributed by atoms with Crippen molar-refractivity contribution in [3.8, 4) is 0 Å². The van der Waals surface area contributed by atoms with Gasteiger partial charge in [0.2, 0.25) is 0 Å². The fraction of sp³-hybridized carbons (Fsp3) is 1.00. The Bertz CT molecular complexity index is 312. The van der Waals surface area contributed by atoms with Gasteiger partial charge in [0.25, 0.3) is 5.59 Å². The Kier molecular flexibility index (Phi) is 11.0. The maximum Gasteiger partial charge on any atom is 0.371 e. The van der Waals surface area contributed by atoms with Gasteiger partial charge in [0.15, 0.2) is 0 Å². The highest BCUT2D eigenvalue weighted by atomic mass is 31.2. The monoisotopic (exact) mass is 346 g/mol. The normalized spacial score (nSPS) is 13.0. The summed E-state index contributed by atoms with van der Waals surface area (Å²) in [5.74, 6) is 0. The van der Waals surface area contributed by atoms with E-state index < -0.39 is 20.8 Å². The Morgan fingerprint density at radius 2 is 1.05 bits per heavy atom. The molecule has 7 nitrogen and oxygen atoms in total. The molecule has 0 aromatic rings. The van der Waals surface area contributed by atoms with Gasteiger partial charge in [0.1, 0.15) is 0 Å². The zero-order valence-corrected chi connectivity index (χ0v) is 15.4.